The number of Topliss-reactive ketones (excluding diaryl/α,β-unsaturated/α-hetero) is 1. The number of benzene rings is 2. The molecule has 1 amide bonds. The molecule has 5 rings (SSSR count). The van der Waals surface area contributed by atoms with Crippen molar-refractivity contribution >= 4 is 51.6 Å². The topological polar surface area (TPSA) is 161 Å². The van der Waals surface area contributed by atoms with Crippen molar-refractivity contribution in [2.75, 3.05) is 29.7 Å². The second kappa shape index (κ2) is 13.1. The van der Waals surface area contributed by atoms with Crippen LogP contribution in [0, 0.1) is 16.7 Å². The van der Waals surface area contributed by atoms with Crippen molar-refractivity contribution in [3.63, 3.8) is 0 Å². The predicted octanol–water partition coefficient (Wildman–Crippen LogP) is 5.40. The van der Waals surface area contributed by atoms with Gasteiger partial charge >= 0.3 is 5.97 Å². The van der Waals surface area contributed by atoms with E-state index in [9.17, 15) is 19.6 Å². The maximum Gasteiger partial charge on any atom is 0.337 e. The molecule has 3 N–H and O–H groups in total. The number of ketones is 1. The van der Waals surface area contributed by atoms with E-state index in [2.05, 4.69) is 21.6 Å². The Hall–Kier alpha value is -4.67. The monoisotopic (exact) mass is 644 g/mol. The van der Waals surface area contributed by atoms with Gasteiger partial charge in [-0.15, -0.1) is 10.2 Å². The average Bonchev–Trinajstić information content (AvgIpc) is 3.48. The molecule has 1 aromatic heterocycles. The van der Waals surface area contributed by atoms with Crippen LogP contribution in [0.1, 0.15) is 55.5 Å². The summed E-state index contributed by atoms with van der Waals surface area (Å²) in [7, 11) is 1.30. The molecular weight excluding hydrogens is 613 g/mol. The van der Waals surface area contributed by atoms with Gasteiger partial charge < -0.3 is 20.5 Å². The Balaban J connectivity index is 1.42. The molecule has 0 radical (unpaired) electrons. The summed E-state index contributed by atoms with van der Waals surface area (Å²) in [5.41, 5.74) is 9.35. The van der Waals surface area contributed by atoms with Gasteiger partial charge in [0.15, 0.2) is 10.1 Å². The zero-order valence-corrected chi connectivity index (χ0v) is 26.9. The standard InChI is InChI=1S/C32H32N6O5S2/c1-5-43-21-12-10-20(11-13-21)35-25(40)17-44-31-37-36-30(45-31)38-23-14-32(2,3)15-24(39)27(23)26(22(16-33)28(38)34)18-6-8-19(9-7-18)29(41)42-4/h6-13,26H,5,14-15,17,34H2,1-4H3,(H,35,40). The van der Waals surface area contributed by atoms with E-state index < -0.39 is 11.9 Å². The van der Waals surface area contributed by atoms with Crippen LogP contribution in [0.2, 0.25) is 0 Å². The summed E-state index contributed by atoms with van der Waals surface area (Å²) >= 11 is 2.45. The fraction of sp³-hybridized carbons (Fsp3) is 0.312. The molecule has 11 nitrogen and oxygen atoms in total. The Morgan fingerprint density at radius 3 is 2.51 bits per heavy atom. The van der Waals surface area contributed by atoms with Gasteiger partial charge in [-0.3, -0.25) is 14.5 Å². The van der Waals surface area contributed by atoms with Crippen LogP contribution in [0.5, 0.6) is 5.75 Å². The lowest BCUT2D eigenvalue weighted by Gasteiger charge is -2.42. The fourth-order valence-corrected chi connectivity index (χ4v) is 7.15. The van der Waals surface area contributed by atoms with Gasteiger partial charge in [-0.25, -0.2) is 4.79 Å². The zero-order valence-electron chi connectivity index (χ0n) is 25.2. The van der Waals surface area contributed by atoms with Crippen LogP contribution < -0.4 is 20.7 Å². The maximum atomic E-state index is 13.8. The number of allylic oxidation sites excluding steroid dienone is 3. The van der Waals surface area contributed by atoms with E-state index in [0.717, 1.165) is 5.75 Å². The predicted molar refractivity (Wildman–Crippen MR) is 172 cm³/mol. The average molecular weight is 645 g/mol. The summed E-state index contributed by atoms with van der Waals surface area (Å²) in [6, 6.07) is 16.0. The first-order valence-electron chi connectivity index (χ1n) is 14.2. The highest BCUT2D eigenvalue weighted by Gasteiger charge is 2.45. The Bertz CT molecular complexity index is 1740. The van der Waals surface area contributed by atoms with Crippen LogP contribution >= 0.6 is 23.1 Å². The number of anilines is 2. The van der Waals surface area contributed by atoms with Crippen LogP contribution in [-0.2, 0) is 14.3 Å². The minimum Gasteiger partial charge on any atom is -0.494 e. The van der Waals surface area contributed by atoms with Crippen LogP contribution in [0.15, 0.2) is 75.5 Å². The number of nitrogens with two attached hydrogens (primary N) is 1. The summed E-state index contributed by atoms with van der Waals surface area (Å²) < 4.78 is 10.8. The lowest BCUT2D eigenvalue weighted by Crippen LogP contribution is -2.42. The van der Waals surface area contributed by atoms with E-state index in [4.69, 9.17) is 15.2 Å². The van der Waals surface area contributed by atoms with E-state index in [1.807, 2.05) is 20.8 Å². The van der Waals surface area contributed by atoms with E-state index >= 15 is 0 Å². The number of thioether (sulfide) groups is 1. The van der Waals surface area contributed by atoms with Crippen molar-refractivity contribution in [2.24, 2.45) is 11.1 Å². The molecule has 45 heavy (non-hydrogen) atoms. The number of rotatable bonds is 9. The number of aromatic nitrogens is 2. The first-order valence-corrected chi connectivity index (χ1v) is 16.0. The smallest absolute Gasteiger partial charge is 0.337 e. The summed E-state index contributed by atoms with van der Waals surface area (Å²) in [5, 5.41) is 22.2. The molecule has 2 aliphatic rings. The van der Waals surface area contributed by atoms with Crippen molar-refractivity contribution in [1.29, 1.82) is 5.26 Å². The number of nitrogens with one attached hydrogen (secondary N) is 1. The molecule has 2 heterocycles. The van der Waals surface area contributed by atoms with E-state index in [0.29, 0.717) is 57.0 Å². The Kier molecular flexibility index (Phi) is 9.27. The third kappa shape index (κ3) is 6.72. The van der Waals surface area contributed by atoms with Gasteiger partial charge in [0.25, 0.3) is 0 Å². The number of methoxy groups -OCH3 is 1. The van der Waals surface area contributed by atoms with Gasteiger partial charge in [-0.1, -0.05) is 49.1 Å². The molecule has 3 aromatic rings. The summed E-state index contributed by atoms with van der Waals surface area (Å²) in [6.45, 7) is 6.48. The molecule has 1 unspecified atom stereocenters. The first kappa shape index (κ1) is 31.7. The van der Waals surface area contributed by atoms with Gasteiger partial charge in [-0.2, -0.15) is 5.26 Å². The number of hydrogen-bond donors (Lipinski definition) is 2. The van der Waals surface area contributed by atoms with Gasteiger partial charge in [0, 0.05) is 23.4 Å². The molecule has 232 valence electrons. The number of hydrogen-bond acceptors (Lipinski definition) is 12. The zero-order chi connectivity index (χ0) is 32.3. The van der Waals surface area contributed by atoms with Crippen molar-refractivity contribution in [3.8, 4) is 11.8 Å². The number of nitriles is 1. The SMILES string of the molecule is CCOc1ccc(NC(=O)CSc2nnc(N3C(N)=C(C#N)C(c4ccc(C(=O)OC)cc4)C4=C3CC(C)(C)CC4=O)s2)cc1. The third-order valence-electron chi connectivity index (χ3n) is 7.41. The van der Waals surface area contributed by atoms with Crippen LogP contribution in [0.4, 0.5) is 10.8 Å². The fourth-order valence-electron chi connectivity index (χ4n) is 5.47. The molecule has 13 heteroatoms. The van der Waals surface area contributed by atoms with Crippen molar-refractivity contribution in [1.82, 2.24) is 10.2 Å². The Morgan fingerprint density at radius 1 is 1.16 bits per heavy atom. The Morgan fingerprint density at radius 2 is 1.87 bits per heavy atom. The quantitative estimate of drug-likeness (QED) is 0.227. The number of esters is 1. The number of carbonyl (C=O) groups excluding carboxylic acids is 3. The normalized spacial score (nSPS) is 17.4. The number of amides is 1. The van der Waals surface area contributed by atoms with Gasteiger partial charge in [0.2, 0.25) is 11.0 Å². The molecular formula is C32H32N6O5S2. The number of ether oxygens (including phenoxy) is 2. The molecule has 0 fully saturated rings. The highest BCUT2D eigenvalue weighted by Crippen LogP contribution is 2.50. The van der Waals surface area contributed by atoms with Crippen LogP contribution in [0.25, 0.3) is 0 Å². The van der Waals surface area contributed by atoms with Gasteiger partial charge in [0.05, 0.1) is 42.6 Å². The first-order chi connectivity index (χ1) is 21.5. The molecule has 1 aliphatic carbocycles. The van der Waals surface area contributed by atoms with Crippen molar-refractivity contribution in [2.45, 2.75) is 43.9 Å². The summed E-state index contributed by atoms with van der Waals surface area (Å²) in [5.74, 6) is -0.509. The number of nitrogens with zero attached hydrogens (tertiary/aromatic N) is 4. The number of carbonyl (C=O) groups is 3. The summed E-state index contributed by atoms with van der Waals surface area (Å²) in [6.07, 6.45) is 0.812. The second-order valence-corrected chi connectivity index (χ2v) is 13.4. The largest absolute Gasteiger partial charge is 0.494 e. The van der Waals surface area contributed by atoms with Crippen LogP contribution in [0.3, 0.4) is 0 Å². The minimum atomic E-state index is -0.704. The summed E-state index contributed by atoms with van der Waals surface area (Å²) in [4.78, 5) is 40.1. The molecule has 2 aromatic carbocycles. The second-order valence-electron chi connectivity index (χ2n) is 11.2. The lowest BCUT2D eigenvalue weighted by atomic mass is 9.68. The van der Waals surface area contributed by atoms with E-state index in [1.54, 1.807) is 53.4 Å². The lowest BCUT2D eigenvalue weighted by molar-refractivity contribution is -0.118. The third-order valence-corrected chi connectivity index (χ3v) is 9.45. The van der Waals surface area contributed by atoms with E-state index in [1.165, 1.54) is 30.2 Å². The highest BCUT2D eigenvalue weighted by atomic mass is 32.2. The molecule has 0 saturated carbocycles. The molecule has 1 atom stereocenters. The molecule has 0 saturated heterocycles. The molecule has 0 spiro atoms. The molecule has 1 aliphatic heterocycles. The van der Waals surface area contributed by atoms with Crippen LogP contribution in [-0.4, -0.2) is 47.3 Å². The minimum absolute atomic E-state index is 0.0846. The highest BCUT2D eigenvalue weighted by molar-refractivity contribution is 8.01. The van der Waals surface area contributed by atoms with Crippen molar-refractivity contribution < 1.29 is 23.9 Å². The maximum absolute atomic E-state index is 13.8. The van der Waals surface area contributed by atoms with Gasteiger partial charge in [-0.05, 0) is 60.7 Å². The van der Waals surface area contributed by atoms with Crippen molar-refractivity contribution in [3.05, 3.63) is 82.3 Å². The molecule has 0 bridgehead atoms. The van der Waals surface area contributed by atoms with E-state index in [-0.39, 0.29) is 34.3 Å². The Labute approximate surface area is 269 Å². The van der Waals surface area contributed by atoms with Gasteiger partial charge in [0.1, 0.15) is 11.6 Å².